The van der Waals surface area contributed by atoms with Gasteiger partial charge in [0.2, 0.25) is 0 Å². The Kier molecular flexibility index (Phi) is 3.55. The molecular weight excluding hydrogens is 238 g/mol. The van der Waals surface area contributed by atoms with Gasteiger partial charge in [0, 0.05) is 12.1 Å². The Labute approximate surface area is 113 Å². The quantitative estimate of drug-likeness (QED) is 0.908. The van der Waals surface area contributed by atoms with Crippen LogP contribution in [0.15, 0.2) is 24.3 Å². The molecule has 1 aromatic carbocycles. The fourth-order valence-corrected chi connectivity index (χ4v) is 2.55. The number of benzene rings is 1. The van der Waals surface area contributed by atoms with Gasteiger partial charge in [-0.2, -0.15) is 0 Å². The number of aromatic nitrogens is 4. The third-order valence-electron chi connectivity index (χ3n) is 3.73. The summed E-state index contributed by atoms with van der Waals surface area (Å²) >= 11 is 0. The van der Waals surface area contributed by atoms with E-state index >= 15 is 0 Å². The zero-order valence-corrected chi connectivity index (χ0v) is 11.2. The molecule has 5 heteroatoms. The number of nitrogens with one attached hydrogen (secondary N) is 1. The predicted molar refractivity (Wildman–Crippen MR) is 73.6 cm³/mol. The van der Waals surface area contributed by atoms with Crippen molar-refractivity contribution < 1.29 is 0 Å². The normalized spacial score (nSPS) is 16.7. The summed E-state index contributed by atoms with van der Waals surface area (Å²) in [7, 11) is 0. The van der Waals surface area contributed by atoms with Crippen molar-refractivity contribution in [1.82, 2.24) is 25.5 Å². The number of aryl methyl sites for hydroxylation is 1. The standard InChI is InChI=1S/C14H19N5/c1-11-2-4-13(5-3-11)14-16-17-18-19(14)10-12-6-8-15-9-7-12/h2-5,12,15H,6-10H2,1H3. The maximum absolute atomic E-state index is 4.17. The molecule has 1 fully saturated rings. The van der Waals surface area contributed by atoms with Crippen LogP contribution in [0, 0.1) is 12.8 Å². The summed E-state index contributed by atoms with van der Waals surface area (Å²) in [5, 5.41) is 15.5. The summed E-state index contributed by atoms with van der Waals surface area (Å²) in [6.45, 7) is 5.21. The molecular formula is C14H19N5. The highest BCUT2D eigenvalue weighted by Gasteiger charge is 2.17. The third kappa shape index (κ3) is 2.81. The van der Waals surface area contributed by atoms with E-state index in [2.05, 4.69) is 52.0 Å². The summed E-state index contributed by atoms with van der Waals surface area (Å²) in [6, 6.07) is 8.36. The minimum absolute atomic E-state index is 0.675. The maximum Gasteiger partial charge on any atom is 0.182 e. The molecule has 2 heterocycles. The molecule has 19 heavy (non-hydrogen) atoms. The number of piperidine rings is 1. The number of tetrazole rings is 1. The molecule has 0 radical (unpaired) electrons. The van der Waals surface area contributed by atoms with Gasteiger partial charge in [-0.25, -0.2) is 4.68 Å². The Bertz CT molecular complexity index is 525. The van der Waals surface area contributed by atoms with E-state index in [9.17, 15) is 0 Å². The lowest BCUT2D eigenvalue weighted by Gasteiger charge is -2.22. The molecule has 0 aliphatic carbocycles. The van der Waals surface area contributed by atoms with Crippen LogP contribution >= 0.6 is 0 Å². The minimum Gasteiger partial charge on any atom is -0.317 e. The molecule has 0 bridgehead atoms. The van der Waals surface area contributed by atoms with Crippen molar-refractivity contribution in [2.75, 3.05) is 13.1 Å². The van der Waals surface area contributed by atoms with Crippen molar-refractivity contribution in [3.8, 4) is 11.4 Å². The molecule has 1 N–H and O–H groups in total. The van der Waals surface area contributed by atoms with E-state index in [4.69, 9.17) is 0 Å². The molecule has 1 aromatic heterocycles. The van der Waals surface area contributed by atoms with Crippen LogP contribution < -0.4 is 5.32 Å². The molecule has 0 amide bonds. The highest BCUT2D eigenvalue weighted by atomic mass is 15.5. The molecule has 3 rings (SSSR count). The van der Waals surface area contributed by atoms with Crippen LogP contribution in [-0.2, 0) is 6.54 Å². The monoisotopic (exact) mass is 257 g/mol. The summed E-state index contributed by atoms with van der Waals surface area (Å²) in [4.78, 5) is 0. The Balaban J connectivity index is 1.79. The highest BCUT2D eigenvalue weighted by Crippen LogP contribution is 2.20. The van der Waals surface area contributed by atoms with Gasteiger partial charge in [0.05, 0.1) is 0 Å². The number of hydrogen-bond donors (Lipinski definition) is 1. The fourth-order valence-electron chi connectivity index (χ4n) is 2.55. The molecule has 0 atom stereocenters. The first kappa shape index (κ1) is 12.3. The van der Waals surface area contributed by atoms with Gasteiger partial charge >= 0.3 is 0 Å². The second-order valence-corrected chi connectivity index (χ2v) is 5.24. The van der Waals surface area contributed by atoms with E-state index in [1.807, 2.05) is 4.68 Å². The van der Waals surface area contributed by atoms with E-state index < -0.39 is 0 Å². The van der Waals surface area contributed by atoms with Crippen LogP contribution in [0.2, 0.25) is 0 Å². The zero-order chi connectivity index (χ0) is 13.1. The summed E-state index contributed by atoms with van der Waals surface area (Å²) in [5.74, 6) is 1.55. The van der Waals surface area contributed by atoms with Crippen LogP contribution in [-0.4, -0.2) is 33.3 Å². The first-order valence-corrected chi connectivity index (χ1v) is 6.87. The number of rotatable bonds is 3. The van der Waals surface area contributed by atoms with Gasteiger partial charge in [0.25, 0.3) is 0 Å². The fraction of sp³-hybridized carbons (Fsp3) is 0.500. The van der Waals surface area contributed by atoms with Gasteiger partial charge in [-0.15, -0.1) is 5.10 Å². The van der Waals surface area contributed by atoms with Crippen molar-refractivity contribution in [3.63, 3.8) is 0 Å². The molecule has 2 aromatic rings. The van der Waals surface area contributed by atoms with E-state index in [0.29, 0.717) is 5.92 Å². The second kappa shape index (κ2) is 5.48. The Hall–Kier alpha value is -1.75. The second-order valence-electron chi connectivity index (χ2n) is 5.24. The highest BCUT2D eigenvalue weighted by molar-refractivity contribution is 5.54. The van der Waals surface area contributed by atoms with E-state index in [-0.39, 0.29) is 0 Å². The van der Waals surface area contributed by atoms with E-state index in [0.717, 1.165) is 31.0 Å². The molecule has 0 spiro atoms. The largest absolute Gasteiger partial charge is 0.317 e. The van der Waals surface area contributed by atoms with Crippen molar-refractivity contribution in [2.45, 2.75) is 26.3 Å². The average Bonchev–Trinajstić information content (AvgIpc) is 2.89. The van der Waals surface area contributed by atoms with Gasteiger partial charge in [-0.05, 0) is 49.2 Å². The third-order valence-corrected chi connectivity index (χ3v) is 3.73. The Morgan fingerprint density at radius 3 is 2.68 bits per heavy atom. The average molecular weight is 257 g/mol. The summed E-state index contributed by atoms with van der Waals surface area (Å²) in [6.07, 6.45) is 2.40. The van der Waals surface area contributed by atoms with Gasteiger partial charge in [0.1, 0.15) is 0 Å². The summed E-state index contributed by atoms with van der Waals surface area (Å²) in [5.41, 5.74) is 2.34. The lowest BCUT2D eigenvalue weighted by molar-refractivity contribution is 0.320. The maximum atomic E-state index is 4.17. The van der Waals surface area contributed by atoms with Gasteiger partial charge < -0.3 is 5.32 Å². The smallest absolute Gasteiger partial charge is 0.182 e. The van der Waals surface area contributed by atoms with Crippen molar-refractivity contribution in [2.24, 2.45) is 5.92 Å². The molecule has 100 valence electrons. The number of hydrogen-bond acceptors (Lipinski definition) is 4. The van der Waals surface area contributed by atoms with Crippen LogP contribution in [0.25, 0.3) is 11.4 Å². The SMILES string of the molecule is Cc1ccc(-c2nnnn2CC2CCNCC2)cc1. The Morgan fingerprint density at radius 1 is 1.21 bits per heavy atom. The van der Waals surface area contributed by atoms with Gasteiger partial charge in [-0.3, -0.25) is 0 Å². The Morgan fingerprint density at radius 2 is 1.95 bits per heavy atom. The van der Waals surface area contributed by atoms with Crippen molar-refractivity contribution >= 4 is 0 Å². The molecule has 1 aliphatic heterocycles. The molecule has 1 aliphatic rings. The number of nitrogens with zero attached hydrogens (tertiary/aromatic N) is 4. The molecule has 5 nitrogen and oxygen atoms in total. The van der Waals surface area contributed by atoms with Gasteiger partial charge in [-0.1, -0.05) is 29.8 Å². The van der Waals surface area contributed by atoms with Crippen LogP contribution in [0.5, 0.6) is 0 Å². The first-order valence-electron chi connectivity index (χ1n) is 6.87. The lowest BCUT2D eigenvalue weighted by atomic mass is 9.98. The minimum atomic E-state index is 0.675. The molecule has 1 saturated heterocycles. The molecule has 0 saturated carbocycles. The first-order chi connectivity index (χ1) is 9.33. The van der Waals surface area contributed by atoms with Crippen LogP contribution in [0.4, 0.5) is 0 Å². The van der Waals surface area contributed by atoms with Crippen LogP contribution in [0.1, 0.15) is 18.4 Å². The lowest BCUT2D eigenvalue weighted by Crippen LogP contribution is -2.30. The topological polar surface area (TPSA) is 55.6 Å². The van der Waals surface area contributed by atoms with E-state index in [1.165, 1.54) is 18.4 Å². The van der Waals surface area contributed by atoms with E-state index in [1.54, 1.807) is 0 Å². The van der Waals surface area contributed by atoms with Crippen molar-refractivity contribution in [1.29, 1.82) is 0 Å². The molecule has 0 unspecified atom stereocenters. The van der Waals surface area contributed by atoms with Crippen molar-refractivity contribution in [3.05, 3.63) is 29.8 Å². The zero-order valence-electron chi connectivity index (χ0n) is 11.2. The van der Waals surface area contributed by atoms with Crippen LogP contribution in [0.3, 0.4) is 0 Å². The van der Waals surface area contributed by atoms with Gasteiger partial charge in [0.15, 0.2) is 5.82 Å². The predicted octanol–water partition coefficient (Wildman–Crippen LogP) is 1.65. The summed E-state index contributed by atoms with van der Waals surface area (Å²) < 4.78 is 1.95.